The van der Waals surface area contributed by atoms with Gasteiger partial charge in [0.2, 0.25) is 5.91 Å². The minimum absolute atomic E-state index is 0.0204. The molecule has 0 aromatic carbocycles. The summed E-state index contributed by atoms with van der Waals surface area (Å²) in [6, 6.07) is 0. The Balaban J connectivity index is 1.74. The zero-order valence-corrected chi connectivity index (χ0v) is 10.0. The first kappa shape index (κ1) is 12.5. The van der Waals surface area contributed by atoms with Crippen LogP contribution in [0.3, 0.4) is 0 Å². The lowest BCUT2D eigenvalue weighted by Gasteiger charge is -2.02. The normalized spacial score (nSPS) is 14.4. The molecule has 98 valence electrons. The molecule has 18 heavy (non-hydrogen) atoms. The van der Waals surface area contributed by atoms with Crippen LogP contribution >= 0.6 is 0 Å². The zero-order valence-electron chi connectivity index (χ0n) is 10.0. The molecule has 0 bridgehead atoms. The first-order chi connectivity index (χ1) is 8.63. The number of carbonyl (C=O) groups is 2. The van der Waals surface area contributed by atoms with Gasteiger partial charge in [0.1, 0.15) is 6.54 Å². The van der Waals surface area contributed by atoms with Gasteiger partial charge in [0, 0.05) is 19.2 Å². The Morgan fingerprint density at radius 3 is 2.94 bits per heavy atom. The van der Waals surface area contributed by atoms with Crippen molar-refractivity contribution in [2.45, 2.75) is 32.2 Å². The van der Waals surface area contributed by atoms with Crippen molar-refractivity contribution in [3.8, 4) is 0 Å². The molecule has 1 amide bonds. The standard InChI is InChI=1S/C11H16N4O3/c16-10(12-5-8-1-2-8)7-15-6-9(13-14-15)3-4-11(17)18/h6,8H,1-5,7H2,(H,12,16)(H,17,18). The number of carbonyl (C=O) groups excluding carboxylic acids is 1. The molecule has 7 heteroatoms. The molecule has 1 aliphatic carbocycles. The largest absolute Gasteiger partial charge is 0.481 e. The van der Waals surface area contributed by atoms with E-state index in [1.54, 1.807) is 6.20 Å². The van der Waals surface area contributed by atoms with Crippen LogP contribution in [0.1, 0.15) is 25.0 Å². The number of hydrogen-bond donors (Lipinski definition) is 2. The minimum atomic E-state index is -0.869. The van der Waals surface area contributed by atoms with Gasteiger partial charge in [-0.1, -0.05) is 5.21 Å². The monoisotopic (exact) mass is 252 g/mol. The van der Waals surface area contributed by atoms with E-state index in [0.29, 0.717) is 18.0 Å². The lowest BCUT2D eigenvalue weighted by molar-refractivity contribution is -0.137. The van der Waals surface area contributed by atoms with Gasteiger partial charge >= 0.3 is 5.97 Å². The van der Waals surface area contributed by atoms with E-state index in [1.807, 2.05) is 0 Å². The van der Waals surface area contributed by atoms with E-state index in [2.05, 4.69) is 15.6 Å². The molecule has 0 unspecified atom stereocenters. The molecule has 0 aliphatic heterocycles. The number of nitrogens with one attached hydrogen (secondary N) is 1. The van der Waals surface area contributed by atoms with Gasteiger partial charge in [0.15, 0.2) is 0 Å². The minimum Gasteiger partial charge on any atom is -0.481 e. The Bertz CT molecular complexity index is 439. The molecule has 0 radical (unpaired) electrons. The van der Waals surface area contributed by atoms with Crippen LogP contribution in [0.5, 0.6) is 0 Å². The van der Waals surface area contributed by atoms with Crippen molar-refractivity contribution < 1.29 is 14.7 Å². The number of aryl methyl sites for hydroxylation is 1. The van der Waals surface area contributed by atoms with Crippen LogP contribution < -0.4 is 5.32 Å². The molecule has 2 N–H and O–H groups in total. The Labute approximate surface area is 104 Å². The molecule has 1 fully saturated rings. The highest BCUT2D eigenvalue weighted by atomic mass is 16.4. The molecule has 1 aliphatic rings. The first-order valence-electron chi connectivity index (χ1n) is 6.01. The third-order valence-electron chi connectivity index (χ3n) is 2.77. The molecule has 1 aromatic rings. The number of nitrogens with zero attached hydrogens (tertiary/aromatic N) is 3. The van der Waals surface area contributed by atoms with E-state index >= 15 is 0 Å². The third-order valence-corrected chi connectivity index (χ3v) is 2.77. The molecular weight excluding hydrogens is 236 g/mol. The average molecular weight is 252 g/mol. The topological polar surface area (TPSA) is 97.1 Å². The van der Waals surface area contributed by atoms with E-state index in [1.165, 1.54) is 17.5 Å². The average Bonchev–Trinajstić information content (AvgIpc) is 3.05. The van der Waals surface area contributed by atoms with Crippen molar-refractivity contribution in [3.05, 3.63) is 11.9 Å². The van der Waals surface area contributed by atoms with Crippen molar-refractivity contribution in [2.75, 3.05) is 6.54 Å². The van der Waals surface area contributed by atoms with E-state index in [0.717, 1.165) is 6.54 Å². The van der Waals surface area contributed by atoms with Crippen LogP contribution in [-0.4, -0.2) is 38.5 Å². The van der Waals surface area contributed by atoms with Gasteiger partial charge in [-0.25, -0.2) is 4.68 Å². The van der Waals surface area contributed by atoms with Crippen LogP contribution in [0.25, 0.3) is 0 Å². The molecule has 7 nitrogen and oxygen atoms in total. The predicted octanol–water partition coefficient (Wildman–Crippen LogP) is -0.179. The Morgan fingerprint density at radius 2 is 2.28 bits per heavy atom. The highest BCUT2D eigenvalue weighted by Crippen LogP contribution is 2.27. The van der Waals surface area contributed by atoms with Crippen LogP contribution in [0.15, 0.2) is 6.20 Å². The summed E-state index contributed by atoms with van der Waals surface area (Å²) in [6.07, 6.45) is 4.36. The molecule has 0 saturated heterocycles. The van der Waals surface area contributed by atoms with Gasteiger partial charge in [0.05, 0.1) is 12.1 Å². The number of carboxylic acids is 1. The SMILES string of the molecule is O=C(O)CCc1cn(CC(=O)NCC2CC2)nn1. The van der Waals surface area contributed by atoms with Crippen LogP contribution in [0, 0.1) is 5.92 Å². The maximum absolute atomic E-state index is 11.5. The summed E-state index contributed by atoms with van der Waals surface area (Å²) in [4.78, 5) is 21.9. The van der Waals surface area contributed by atoms with Crippen molar-refractivity contribution in [3.63, 3.8) is 0 Å². The first-order valence-corrected chi connectivity index (χ1v) is 6.01. The summed E-state index contributed by atoms with van der Waals surface area (Å²) in [5, 5.41) is 19.0. The van der Waals surface area contributed by atoms with Crippen LogP contribution in [0.2, 0.25) is 0 Å². The van der Waals surface area contributed by atoms with Gasteiger partial charge in [0.25, 0.3) is 0 Å². The second kappa shape index (κ2) is 5.61. The molecule has 0 atom stereocenters. The summed E-state index contributed by atoms with van der Waals surface area (Å²) in [6.45, 7) is 0.867. The summed E-state index contributed by atoms with van der Waals surface area (Å²) in [5.74, 6) is -0.306. The van der Waals surface area contributed by atoms with Gasteiger partial charge in [-0.2, -0.15) is 0 Å². The third kappa shape index (κ3) is 4.15. The summed E-state index contributed by atoms with van der Waals surface area (Å²) in [7, 11) is 0. The highest BCUT2D eigenvalue weighted by molar-refractivity contribution is 5.75. The van der Waals surface area contributed by atoms with Crippen molar-refractivity contribution in [1.82, 2.24) is 20.3 Å². The fourth-order valence-electron chi connectivity index (χ4n) is 1.55. The van der Waals surface area contributed by atoms with Gasteiger partial charge in [-0.05, 0) is 18.8 Å². The second-order valence-electron chi connectivity index (χ2n) is 4.55. The Morgan fingerprint density at radius 1 is 1.50 bits per heavy atom. The van der Waals surface area contributed by atoms with Crippen molar-refractivity contribution in [2.24, 2.45) is 5.92 Å². The van der Waals surface area contributed by atoms with E-state index < -0.39 is 5.97 Å². The van der Waals surface area contributed by atoms with Crippen LogP contribution in [-0.2, 0) is 22.6 Å². The second-order valence-corrected chi connectivity index (χ2v) is 4.55. The molecule has 2 rings (SSSR count). The Hall–Kier alpha value is -1.92. The Kier molecular flexibility index (Phi) is 3.91. The maximum Gasteiger partial charge on any atom is 0.303 e. The quantitative estimate of drug-likeness (QED) is 0.701. The van der Waals surface area contributed by atoms with E-state index in [-0.39, 0.29) is 18.9 Å². The summed E-state index contributed by atoms with van der Waals surface area (Å²) >= 11 is 0. The van der Waals surface area contributed by atoms with Crippen molar-refractivity contribution >= 4 is 11.9 Å². The zero-order chi connectivity index (χ0) is 13.0. The molecule has 1 heterocycles. The lowest BCUT2D eigenvalue weighted by atomic mass is 10.2. The number of aliphatic carboxylic acids is 1. The van der Waals surface area contributed by atoms with Gasteiger partial charge in [-0.3, -0.25) is 9.59 Å². The molecule has 0 spiro atoms. The smallest absolute Gasteiger partial charge is 0.303 e. The van der Waals surface area contributed by atoms with E-state index in [9.17, 15) is 9.59 Å². The number of hydrogen-bond acceptors (Lipinski definition) is 4. The molecule has 1 saturated carbocycles. The van der Waals surface area contributed by atoms with E-state index in [4.69, 9.17) is 5.11 Å². The number of aromatic nitrogens is 3. The summed E-state index contributed by atoms with van der Waals surface area (Å²) in [5.41, 5.74) is 0.590. The molecule has 1 aromatic heterocycles. The van der Waals surface area contributed by atoms with Crippen LogP contribution in [0.4, 0.5) is 0 Å². The number of carboxylic acid groups (broad SMARTS) is 1. The fourth-order valence-corrected chi connectivity index (χ4v) is 1.55. The van der Waals surface area contributed by atoms with Gasteiger partial charge < -0.3 is 10.4 Å². The summed E-state index contributed by atoms with van der Waals surface area (Å²) < 4.78 is 1.43. The number of amides is 1. The predicted molar refractivity (Wildman–Crippen MR) is 61.7 cm³/mol. The van der Waals surface area contributed by atoms with Crippen molar-refractivity contribution in [1.29, 1.82) is 0 Å². The highest BCUT2D eigenvalue weighted by Gasteiger charge is 2.21. The fraction of sp³-hybridized carbons (Fsp3) is 0.636. The maximum atomic E-state index is 11.5. The lowest BCUT2D eigenvalue weighted by Crippen LogP contribution is -2.29. The van der Waals surface area contributed by atoms with Gasteiger partial charge in [-0.15, -0.1) is 5.10 Å². The molecular formula is C11H16N4O3. The number of rotatable bonds is 7.